The zero-order chi connectivity index (χ0) is 16.3. The fourth-order valence-electron chi connectivity index (χ4n) is 2.23. The molecule has 0 spiro atoms. The summed E-state index contributed by atoms with van der Waals surface area (Å²) >= 11 is 0. The minimum atomic E-state index is -0.581. The summed E-state index contributed by atoms with van der Waals surface area (Å²) in [7, 11) is 3.17. The molecular weight excluding hydrogens is 282 g/mol. The number of rotatable bonds is 5. The van der Waals surface area contributed by atoms with Crippen LogP contribution >= 0.6 is 0 Å². The topological polar surface area (TPSA) is 76.2 Å². The summed E-state index contributed by atoms with van der Waals surface area (Å²) in [6, 6.07) is 5.58. The fraction of sp³-hybridized carbons (Fsp3) is 0.375. The molecule has 0 aliphatic heterocycles. The van der Waals surface area contributed by atoms with E-state index in [0.29, 0.717) is 17.2 Å². The first-order chi connectivity index (χ1) is 10.4. The van der Waals surface area contributed by atoms with E-state index in [0.717, 1.165) is 11.3 Å². The van der Waals surface area contributed by atoms with Crippen LogP contribution in [-0.4, -0.2) is 30.1 Å². The minimum Gasteiger partial charge on any atom is -0.493 e. The van der Waals surface area contributed by atoms with Gasteiger partial charge in [0.05, 0.1) is 26.1 Å². The average molecular weight is 303 g/mol. The Kier molecular flexibility index (Phi) is 4.40. The van der Waals surface area contributed by atoms with Crippen molar-refractivity contribution < 1.29 is 14.3 Å². The number of aryl methyl sites for hydroxylation is 1. The van der Waals surface area contributed by atoms with E-state index in [2.05, 4.69) is 15.3 Å². The maximum Gasteiger partial charge on any atom is 0.272 e. The van der Waals surface area contributed by atoms with Crippen LogP contribution in [0.1, 0.15) is 35.6 Å². The van der Waals surface area contributed by atoms with Gasteiger partial charge in [-0.3, -0.25) is 4.79 Å². The van der Waals surface area contributed by atoms with Crippen LogP contribution in [0.5, 0.6) is 11.5 Å². The third-order valence-electron chi connectivity index (χ3n) is 3.58. The molecule has 0 saturated heterocycles. The van der Waals surface area contributed by atoms with Gasteiger partial charge < -0.3 is 19.8 Å². The van der Waals surface area contributed by atoms with Gasteiger partial charge >= 0.3 is 0 Å². The second kappa shape index (κ2) is 6.09. The number of hydrogen-bond donors (Lipinski definition) is 2. The van der Waals surface area contributed by atoms with Gasteiger partial charge in [0.15, 0.2) is 11.5 Å². The number of methoxy groups -OCH3 is 2. The third kappa shape index (κ3) is 3.05. The molecule has 1 aromatic carbocycles. The molecule has 1 heterocycles. The first-order valence-corrected chi connectivity index (χ1v) is 6.94. The standard InChI is InChI=1S/C16H21N3O3/c1-10-14(18-9-17-10)15(20)19-16(2,3)11-6-7-12(21-4)13(8-11)22-5/h6-9H,1-5H3,(H,17,18)(H,19,20). The molecule has 0 aliphatic carbocycles. The first-order valence-electron chi connectivity index (χ1n) is 6.94. The van der Waals surface area contributed by atoms with Crippen molar-refractivity contribution in [3.8, 4) is 11.5 Å². The Hall–Kier alpha value is -2.50. The monoisotopic (exact) mass is 303 g/mol. The van der Waals surface area contributed by atoms with Gasteiger partial charge in [-0.2, -0.15) is 0 Å². The molecule has 22 heavy (non-hydrogen) atoms. The summed E-state index contributed by atoms with van der Waals surface area (Å²) in [5.41, 5.74) is 1.46. The molecule has 0 aliphatic rings. The summed E-state index contributed by atoms with van der Waals surface area (Å²) < 4.78 is 10.5. The molecule has 1 amide bonds. The van der Waals surface area contributed by atoms with E-state index < -0.39 is 5.54 Å². The fourth-order valence-corrected chi connectivity index (χ4v) is 2.23. The third-order valence-corrected chi connectivity index (χ3v) is 3.58. The first kappa shape index (κ1) is 15.9. The Bertz CT molecular complexity index is 677. The van der Waals surface area contributed by atoms with E-state index >= 15 is 0 Å². The maximum absolute atomic E-state index is 12.3. The predicted octanol–water partition coefficient (Wildman–Crippen LogP) is 2.40. The van der Waals surface area contributed by atoms with E-state index in [9.17, 15) is 4.79 Å². The Morgan fingerprint density at radius 1 is 1.23 bits per heavy atom. The molecular formula is C16H21N3O3. The Morgan fingerprint density at radius 3 is 2.45 bits per heavy atom. The van der Waals surface area contributed by atoms with Gasteiger partial charge in [-0.15, -0.1) is 0 Å². The highest BCUT2D eigenvalue weighted by Crippen LogP contribution is 2.32. The second-order valence-corrected chi connectivity index (χ2v) is 5.53. The van der Waals surface area contributed by atoms with Gasteiger partial charge in [-0.05, 0) is 38.5 Å². The number of carbonyl (C=O) groups excluding carboxylic acids is 1. The summed E-state index contributed by atoms with van der Waals surface area (Å²) in [5.74, 6) is 1.05. The van der Waals surface area contributed by atoms with Crippen molar-refractivity contribution in [2.45, 2.75) is 26.3 Å². The van der Waals surface area contributed by atoms with Gasteiger partial charge in [0, 0.05) is 5.69 Å². The maximum atomic E-state index is 12.3. The van der Waals surface area contributed by atoms with Crippen LogP contribution in [0, 0.1) is 6.92 Å². The molecule has 0 atom stereocenters. The molecule has 0 bridgehead atoms. The summed E-state index contributed by atoms with van der Waals surface area (Å²) in [6.45, 7) is 5.66. The Labute approximate surface area is 129 Å². The van der Waals surface area contributed by atoms with Gasteiger partial charge in [-0.25, -0.2) is 4.98 Å². The van der Waals surface area contributed by atoms with E-state index in [1.165, 1.54) is 6.33 Å². The zero-order valence-electron chi connectivity index (χ0n) is 13.5. The number of benzene rings is 1. The summed E-state index contributed by atoms with van der Waals surface area (Å²) in [5, 5.41) is 2.99. The molecule has 118 valence electrons. The Morgan fingerprint density at radius 2 is 1.91 bits per heavy atom. The zero-order valence-corrected chi connectivity index (χ0v) is 13.5. The van der Waals surface area contributed by atoms with Crippen molar-refractivity contribution in [2.24, 2.45) is 0 Å². The summed E-state index contributed by atoms with van der Waals surface area (Å²) in [4.78, 5) is 19.3. The van der Waals surface area contributed by atoms with E-state index in [1.54, 1.807) is 14.2 Å². The molecule has 1 aromatic heterocycles. The Balaban J connectivity index is 2.26. The molecule has 0 saturated carbocycles. The summed E-state index contributed by atoms with van der Waals surface area (Å²) in [6.07, 6.45) is 1.51. The number of nitrogens with zero attached hydrogens (tertiary/aromatic N) is 1. The molecule has 0 unspecified atom stereocenters. The lowest BCUT2D eigenvalue weighted by atomic mass is 9.93. The SMILES string of the molecule is COc1ccc(C(C)(C)NC(=O)c2nc[nH]c2C)cc1OC. The highest BCUT2D eigenvalue weighted by atomic mass is 16.5. The molecule has 2 aromatic rings. The van der Waals surface area contributed by atoms with Gasteiger partial charge in [0.1, 0.15) is 5.69 Å². The van der Waals surface area contributed by atoms with Crippen LogP contribution in [0.4, 0.5) is 0 Å². The number of amides is 1. The largest absolute Gasteiger partial charge is 0.493 e. The minimum absolute atomic E-state index is 0.224. The number of nitrogens with one attached hydrogen (secondary N) is 2. The van der Waals surface area contributed by atoms with E-state index in [1.807, 2.05) is 39.0 Å². The molecule has 6 nitrogen and oxygen atoms in total. The van der Waals surface area contributed by atoms with Crippen LogP contribution < -0.4 is 14.8 Å². The predicted molar refractivity (Wildman–Crippen MR) is 83.4 cm³/mol. The van der Waals surface area contributed by atoms with Crippen LogP contribution in [0.3, 0.4) is 0 Å². The normalized spacial score (nSPS) is 11.1. The van der Waals surface area contributed by atoms with Crippen LogP contribution in [0.15, 0.2) is 24.5 Å². The van der Waals surface area contributed by atoms with Gasteiger partial charge in [-0.1, -0.05) is 6.07 Å². The smallest absolute Gasteiger partial charge is 0.272 e. The van der Waals surface area contributed by atoms with Gasteiger partial charge in [0.2, 0.25) is 0 Å². The van der Waals surface area contributed by atoms with Crippen molar-refractivity contribution in [1.29, 1.82) is 0 Å². The van der Waals surface area contributed by atoms with Crippen molar-refractivity contribution in [1.82, 2.24) is 15.3 Å². The average Bonchev–Trinajstić information content (AvgIpc) is 2.92. The molecule has 2 rings (SSSR count). The number of hydrogen-bond acceptors (Lipinski definition) is 4. The van der Waals surface area contributed by atoms with E-state index in [4.69, 9.17) is 9.47 Å². The molecule has 0 radical (unpaired) electrons. The number of imidazole rings is 1. The number of carbonyl (C=O) groups is 1. The quantitative estimate of drug-likeness (QED) is 0.889. The van der Waals surface area contributed by atoms with Crippen LogP contribution in [0.25, 0.3) is 0 Å². The lowest BCUT2D eigenvalue weighted by Gasteiger charge is -2.27. The van der Waals surface area contributed by atoms with Crippen LogP contribution in [0.2, 0.25) is 0 Å². The lowest BCUT2D eigenvalue weighted by Crippen LogP contribution is -2.41. The van der Waals surface area contributed by atoms with Crippen molar-refractivity contribution in [2.75, 3.05) is 14.2 Å². The van der Waals surface area contributed by atoms with Crippen LogP contribution in [-0.2, 0) is 5.54 Å². The number of H-pyrrole nitrogens is 1. The highest BCUT2D eigenvalue weighted by molar-refractivity contribution is 5.93. The lowest BCUT2D eigenvalue weighted by molar-refractivity contribution is 0.0906. The van der Waals surface area contributed by atoms with Gasteiger partial charge in [0.25, 0.3) is 5.91 Å². The second-order valence-electron chi connectivity index (χ2n) is 5.53. The highest BCUT2D eigenvalue weighted by Gasteiger charge is 2.26. The molecule has 2 N–H and O–H groups in total. The van der Waals surface area contributed by atoms with Crippen molar-refractivity contribution in [3.63, 3.8) is 0 Å². The van der Waals surface area contributed by atoms with Crippen molar-refractivity contribution in [3.05, 3.63) is 41.5 Å². The molecule has 6 heteroatoms. The number of aromatic amines is 1. The van der Waals surface area contributed by atoms with Crippen molar-refractivity contribution >= 4 is 5.91 Å². The number of ether oxygens (including phenoxy) is 2. The van der Waals surface area contributed by atoms with E-state index in [-0.39, 0.29) is 5.91 Å². The number of aromatic nitrogens is 2. The molecule has 0 fully saturated rings.